The van der Waals surface area contributed by atoms with Crippen molar-refractivity contribution in [2.45, 2.75) is 43.5 Å². The number of nitrogens with one attached hydrogen (secondary N) is 2. The standard InChI is InChI=1S/C15H21N3O8S/c1-15(2,3)26-12(14(20)25-4)13(16-9-19)17-27(23,24)11-8-6-5-7-10(11)18(21)22/h5-9,12-13,17H,1-4H3,(H,16,19). The van der Waals surface area contributed by atoms with Crippen molar-refractivity contribution in [3.63, 3.8) is 0 Å². The van der Waals surface area contributed by atoms with Crippen LogP contribution in [0.25, 0.3) is 0 Å². The number of rotatable bonds is 9. The SMILES string of the molecule is COC(=O)C(OC(C)(C)C)C(NC=O)NS(=O)(=O)c1ccccc1[N+](=O)[O-]. The summed E-state index contributed by atoms with van der Waals surface area (Å²) in [6.45, 7) is 4.83. The Morgan fingerprint density at radius 3 is 2.37 bits per heavy atom. The molecule has 0 heterocycles. The topological polar surface area (TPSA) is 154 Å². The van der Waals surface area contributed by atoms with Crippen molar-refractivity contribution in [2.24, 2.45) is 0 Å². The largest absolute Gasteiger partial charge is 0.467 e. The molecule has 1 rings (SSSR count). The number of carbonyl (C=O) groups excluding carboxylic acids is 2. The van der Waals surface area contributed by atoms with E-state index in [0.717, 1.165) is 19.2 Å². The molecule has 0 saturated heterocycles. The number of hydrogen-bond donors (Lipinski definition) is 2. The van der Waals surface area contributed by atoms with Gasteiger partial charge >= 0.3 is 5.97 Å². The molecule has 27 heavy (non-hydrogen) atoms. The van der Waals surface area contributed by atoms with Gasteiger partial charge in [0.25, 0.3) is 5.69 Å². The van der Waals surface area contributed by atoms with Gasteiger partial charge in [0.2, 0.25) is 16.4 Å². The summed E-state index contributed by atoms with van der Waals surface area (Å²) in [7, 11) is -3.44. The average molecular weight is 403 g/mol. The molecule has 1 aromatic carbocycles. The Morgan fingerprint density at radius 1 is 1.30 bits per heavy atom. The Balaban J connectivity index is 3.33. The molecule has 0 bridgehead atoms. The highest BCUT2D eigenvalue weighted by Gasteiger charge is 2.38. The number of amides is 1. The Labute approximate surface area is 156 Å². The van der Waals surface area contributed by atoms with Crippen molar-refractivity contribution in [1.82, 2.24) is 10.0 Å². The molecule has 0 fully saturated rings. The van der Waals surface area contributed by atoms with Crippen LogP contribution >= 0.6 is 0 Å². The van der Waals surface area contributed by atoms with Crippen molar-refractivity contribution in [3.05, 3.63) is 34.4 Å². The normalized spacial score (nSPS) is 14.1. The summed E-state index contributed by atoms with van der Waals surface area (Å²) in [6, 6.07) is 4.64. The molecule has 0 spiro atoms. The molecular weight excluding hydrogens is 382 g/mol. The van der Waals surface area contributed by atoms with Crippen LogP contribution in [0.15, 0.2) is 29.2 Å². The Hall–Kier alpha value is -2.57. The summed E-state index contributed by atoms with van der Waals surface area (Å²) in [6.07, 6.45) is -2.95. The van der Waals surface area contributed by atoms with Gasteiger partial charge in [0.05, 0.1) is 17.6 Å². The first kappa shape index (κ1) is 22.5. The third-order valence-electron chi connectivity index (χ3n) is 3.10. The lowest BCUT2D eigenvalue weighted by Crippen LogP contribution is -2.57. The van der Waals surface area contributed by atoms with Gasteiger partial charge in [0.1, 0.15) is 6.17 Å². The summed E-state index contributed by atoms with van der Waals surface area (Å²) < 4.78 is 37.4. The number of carbonyl (C=O) groups is 2. The molecule has 11 nitrogen and oxygen atoms in total. The molecule has 0 aliphatic heterocycles. The highest BCUT2D eigenvalue weighted by atomic mass is 32.2. The number of esters is 1. The van der Waals surface area contributed by atoms with Crippen LogP contribution in [0.4, 0.5) is 5.69 Å². The zero-order valence-electron chi connectivity index (χ0n) is 15.2. The number of nitrogens with zero attached hydrogens (tertiary/aromatic N) is 1. The Morgan fingerprint density at radius 2 is 1.89 bits per heavy atom. The van der Waals surface area contributed by atoms with Gasteiger partial charge in [-0.05, 0) is 26.8 Å². The van der Waals surface area contributed by atoms with E-state index in [1.165, 1.54) is 12.1 Å². The minimum Gasteiger partial charge on any atom is -0.467 e. The molecule has 0 aliphatic rings. The highest BCUT2D eigenvalue weighted by Crippen LogP contribution is 2.23. The van der Waals surface area contributed by atoms with E-state index in [4.69, 9.17) is 4.74 Å². The molecule has 1 aromatic rings. The number of ether oxygens (including phenoxy) is 2. The molecule has 0 radical (unpaired) electrons. The lowest BCUT2D eigenvalue weighted by molar-refractivity contribution is -0.387. The molecule has 2 atom stereocenters. The van der Waals surface area contributed by atoms with Crippen LogP contribution in [0.5, 0.6) is 0 Å². The lowest BCUT2D eigenvalue weighted by atomic mass is 10.1. The van der Waals surface area contributed by atoms with E-state index in [-0.39, 0.29) is 6.41 Å². The first-order valence-electron chi connectivity index (χ1n) is 7.64. The molecule has 150 valence electrons. The van der Waals surface area contributed by atoms with Crippen LogP contribution in [-0.2, 0) is 29.1 Å². The van der Waals surface area contributed by atoms with Crippen molar-refractivity contribution < 1.29 is 32.4 Å². The first-order chi connectivity index (χ1) is 12.4. The number of methoxy groups -OCH3 is 1. The number of nitro groups is 1. The zero-order valence-corrected chi connectivity index (χ0v) is 16.0. The fourth-order valence-corrected chi connectivity index (χ4v) is 3.40. The third-order valence-corrected chi connectivity index (χ3v) is 4.59. The minimum absolute atomic E-state index is 0.161. The maximum absolute atomic E-state index is 12.6. The van der Waals surface area contributed by atoms with E-state index in [9.17, 15) is 28.1 Å². The van der Waals surface area contributed by atoms with Crippen LogP contribution in [0.3, 0.4) is 0 Å². The van der Waals surface area contributed by atoms with Crippen LogP contribution in [0.1, 0.15) is 20.8 Å². The maximum Gasteiger partial charge on any atom is 0.338 e. The van der Waals surface area contributed by atoms with Crippen LogP contribution in [0, 0.1) is 10.1 Å². The molecule has 0 aromatic heterocycles. The van der Waals surface area contributed by atoms with Gasteiger partial charge in [-0.3, -0.25) is 14.9 Å². The molecule has 1 amide bonds. The zero-order chi connectivity index (χ0) is 20.8. The van der Waals surface area contributed by atoms with Crippen LogP contribution in [0.2, 0.25) is 0 Å². The second kappa shape index (κ2) is 8.88. The highest BCUT2D eigenvalue weighted by molar-refractivity contribution is 7.89. The van der Waals surface area contributed by atoms with E-state index in [0.29, 0.717) is 0 Å². The van der Waals surface area contributed by atoms with Gasteiger partial charge < -0.3 is 14.8 Å². The predicted molar refractivity (Wildman–Crippen MR) is 93.0 cm³/mol. The Bertz CT molecular complexity index is 804. The van der Waals surface area contributed by atoms with Gasteiger partial charge in [-0.25, -0.2) is 13.2 Å². The van der Waals surface area contributed by atoms with E-state index >= 15 is 0 Å². The van der Waals surface area contributed by atoms with Gasteiger partial charge in [-0.15, -0.1) is 0 Å². The van der Waals surface area contributed by atoms with Crippen LogP contribution < -0.4 is 10.0 Å². The summed E-state index contributed by atoms with van der Waals surface area (Å²) in [5, 5.41) is 13.2. The molecule has 0 saturated carbocycles. The second-order valence-corrected chi connectivity index (χ2v) is 7.96. The molecule has 0 aliphatic carbocycles. The van der Waals surface area contributed by atoms with Crippen molar-refractivity contribution in [1.29, 1.82) is 0 Å². The second-order valence-electron chi connectivity index (χ2n) is 6.28. The molecule has 2 unspecified atom stereocenters. The third kappa shape index (κ3) is 6.27. The summed E-state index contributed by atoms with van der Waals surface area (Å²) in [4.78, 5) is 32.6. The number of benzene rings is 1. The summed E-state index contributed by atoms with van der Waals surface area (Å²) in [5.41, 5.74) is -1.56. The Kier molecular flexibility index (Phi) is 7.39. The van der Waals surface area contributed by atoms with Gasteiger partial charge in [-0.1, -0.05) is 12.1 Å². The van der Waals surface area contributed by atoms with Gasteiger partial charge in [0.15, 0.2) is 11.0 Å². The number of para-hydroxylation sites is 1. The van der Waals surface area contributed by atoms with Gasteiger partial charge in [-0.2, -0.15) is 4.72 Å². The lowest BCUT2D eigenvalue weighted by Gasteiger charge is -2.31. The fourth-order valence-electron chi connectivity index (χ4n) is 2.07. The van der Waals surface area contributed by atoms with E-state index < -0.39 is 49.4 Å². The van der Waals surface area contributed by atoms with Crippen molar-refractivity contribution in [2.75, 3.05) is 7.11 Å². The molecular formula is C15H21N3O8S. The van der Waals surface area contributed by atoms with Crippen LogP contribution in [-0.4, -0.2) is 50.7 Å². The number of hydrogen-bond acceptors (Lipinski definition) is 8. The van der Waals surface area contributed by atoms with Crippen molar-refractivity contribution in [3.8, 4) is 0 Å². The quantitative estimate of drug-likeness (QED) is 0.196. The first-order valence-corrected chi connectivity index (χ1v) is 9.12. The maximum atomic E-state index is 12.6. The molecule has 12 heteroatoms. The van der Waals surface area contributed by atoms with E-state index in [1.54, 1.807) is 20.8 Å². The fraction of sp³-hybridized carbons (Fsp3) is 0.467. The van der Waals surface area contributed by atoms with Crippen molar-refractivity contribution >= 4 is 28.1 Å². The smallest absolute Gasteiger partial charge is 0.338 e. The van der Waals surface area contributed by atoms with Gasteiger partial charge in [0, 0.05) is 6.07 Å². The summed E-state index contributed by atoms with van der Waals surface area (Å²) >= 11 is 0. The average Bonchev–Trinajstić information content (AvgIpc) is 2.57. The predicted octanol–water partition coefficient (Wildman–Crippen LogP) is 0.302. The summed E-state index contributed by atoms with van der Waals surface area (Å²) in [5.74, 6) is -0.950. The number of nitro benzene ring substituents is 1. The minimum atomic E-state index is -4.50. The number of sulfonamides is 1. The molecule has 2 N–H and O–H groups in total. The van der Waals surface area contributed by atoms with E-state index in [2.05, 4.69) is 10.1 Å². The van der Waals surface area contributed by atoms with E-state index in [1.807, 2.05) is 4.72 Å². The monoisotopic (exact) mass is 403 g/mol.